The molecule has 0 aromatic heterocycles. The Morgan fingerprint density at radius 1 is 0.583 bits per heavy atom. The lowest BCUT2D eigenvalue weighted by atomic mass is 10.0. The van der Waals surface area contributed by atoms with Gasteiger partial charge in [0.05, 0.1) is 25.4 Å². The van der Waals surface area contributed by atoms with Gasteiger partial charge in [0.2, 0.25) is 0 Å². The molecule has 3 unspecified atom stereocenters. The Morgan fingerprint density at radius 3 is 1.60 bits per heavy atom. The number of aliphatic hydroxyl groups is 2. The molecule has 0 spiro atoms. The third-order valence-corrected chi connectivity index (χ3v) is 10.4. The van der Waals surface area contributed by atoms with Crippen LogP contribution in [-0.2, 0) is 37.5 Å². The van der Waals surface area contributed by atoms with Crippen molar-refractivity contribution >= 4 is 25.7 Å². The first kappa shape index (κ1) is 57.1. The van der Waals surface area contributed by atoms with Gasteiger partial charge < -0.3 is 35.4 Å². The summed E-state index contributed by atoms with van der Waals surface area (Å²) in [6.45, 7) is 2.44. The zero-order valence-corrected chi connectivity index (χ0v) is 37.6. The van der Waals surface area contributed by atoms with Gasteiger partial charge in [-0.25, -0.2) is 4.57 Å². The Kier molecular flexibility index (Phi) is 38.2. The van der Waals surface area contributed by atoms with E-state index >= 15 is 0 Å². The second-order valence-electron chi connectivity index (χ2n) is 15.1. The molecule has 0 bridgehead atoms. The highest BCUT2D eigenvalue weighted by Crippen LogP contribution is 2.43. The van der Waals surface area contributed by atoms with E-state index in [0.29, 0.717) is 12.8 Å². The fourth-order valence-electron chi connectivity index (χ4n) is 5.73. The van der Waals surface area contributed by atoms with Crippen LogP contribution in [0.25, 0.3) is 0 Å². The number of aliphatic hydroxyl groups excluding tert-OH is 2. The van der Waals surface area contributed by atoms with Gasteiger partial charge in [0.15, 0.2) is 6.10 Å². The predicted molar refractivity (Wildman–Crippen MR) is 238 cm³/mol. The van der Waals surface area contributed by atoms with Crippen LogP contribution >= 0.6 is 7.82 Å². The number of rotatable bonds is 41. The molecule has 0 aliphatic rings. The first-order chi connectivity index (χ1) is 28.9. The molecule has 6 N–H and O–H groups in total. The molecule has 0 radical (unpaired) electrons. The summed E-state index contributed by atoms with van der Waals surface area (Å²) in [7, 11) is -4.80. The highest BCUT2D eigenvalue weighted by atomic mass is 31.2. The van der Waals surface area contributed by atoms with Crippen molar-refractivity contribution in [1.82, 2.24) is 0 Å². The van der Waals surface area contributed by atoms with Gasteiger partial charge >= 0.3 is 25.7 Å². The summed E-state index contributed by atoms with van der Waals surface area (Å²) in [6, 6.07) is -1.57. The zero-order valence-electron chi connectivity index (χ0n) is 36.8. The van der Waals surface area contributed by atoms with Crippen molar-refractivity contribution in [3.8, 4) is 0 Å². The average Bonchev–Trinajstić information content (AvgIpc) is 3.22. The van der Waals surface area contributed by atoms with Crippen molar-refractivity contribution in [2.24, 2.45) is 5.73 Å². The van der Waals surface area contributed by atoms with Crippen LogP contribution in [0.3, 0.4) is 0 Å². The van der Waals surface area contributed by atoms with Crippen LogP contribution in [0.4, 0.5) is 0 Å². The number of hydrogen-bond acceptors (Lipinski definition) is 11. The number of esters is 2. The number of aliphatic carboxylic acids is 1. The molecule has 0 aromatic carbocycles. The van der Waals surface area contributed by atoms with Gasteiger partial charge in [-0.3, -0.25) is 23.4 Å². The Bertz CT molecular complexity index is 1280. The van der Waals surface area contributed by atoms with Gasteiger partial charge in [-0.05, 0) is 83.5 Å². The van der Waals surface area contributed by atoms with E-state index in [-0.39, 0.29) is 32.1 Å². The van der Waals surface area contributed by atoms with Crippen molar-refractivity contribution in [2.45, 2.75) is 192 Å². The minimum Gasteiger partial charge on any atom is -0.480 e. The smallest absolute Gasteiger partial charge is 0.472 e. The van der Waals surface area contributed by atoms with Crippen LogP contribution in [-0.4, -0.2) is 82.3 Å². The average molecular weight is 870 g/mol. The largest absolute Gasteiger partial charge is 0.480 e. The molecule has 346 valence electrons. The van der Waals surface area contributed by atoms with Crippen LogP contribution in [0, 0.1) is 0 Å². The maximum Gasteiger partial charge on any atom is 0.472 e. The van der Waals surface area contributed by atoms with Crippen LogP contribution in [0.2, 0.25) is 0 Å². The Balaban J connectivity index is 4.61. The molecule has 0 rings (SSSR count). The van der Waals surface area contributed by atoms with Gasteiger partial charge in [0, 0.05) is 12.8 Å². The monoisotopic (exact) mass is 870 g/mol. The van der Waals surface area contributed by atoms with Gasteiger partial charge in [0.25, 0.3) is 0 Å². The molecule has 0 aliphatic carbocycles. The standard InChI is InChI=1S/C46H80NO12P/c1-3-5-7-9-11-13-15-17-18-19-20-21-23-25-27-29-31-35-44(50)56-37-40(38-57-60(54,55)58-39-41(47)46(52)53)59-45(51)36-32-34-43(49)42(48)33-30-28-26-24-22-16-14-12-10-8-6-4-2/h11-14,17-18,22,24,28,30,40-43,48-49H,3-10,15-16,19-21,23,25-27,29,31-39,47H2,1-2H3,(H,52,53)(H,54,55)/b13-11-,14-12-,18-17-,24-22-,30-28-/t40-,41+,42?,43?/m1/s1. The van der Waals surface area contributed by atoms with Crippen molar-refractivity contribution in [3.05, 3.63) is 60.8 Å². The summed E-state index contributed by atoms with van der Waals surface area (Å²) < 4.78 is 32.5. The third-order valence-electron chi connectivity index (χ3n) is 9.44. The number of hydrogen-bond donors (Lipinski definition) is 5. The Hall–Kier alpha value is -2.90. The second kappa shape index (κ2) is 40.2. The molecular formula is C46H80NO12P. The molecule has 0 amide bonds. The zero-order chi connectivity index (χ0) is 44.5. The Morgan fingerprint density at radius 2 is 1.05 bits per heavy atom. The number of nitrogens with two attached hydrogens (primary N) is 1. The lowest BCUT2D eigenvalue weighted by molar-refractivity contribution is -0.161. The summed E-state index contributed by atoms with van der Waals surface area (Å²) in [6.07, 6.45) is 38.8. The fraction of sp³-hybridized carbons (Fsp3) is 0.717. The molecule has 0 aromatic rings. The minimum atomic E-state index is -4.80. The summed E-state index contributed by atoms with van der Waals surface area (Å²) in [4.78, 5) is 46.1. The van der Waals surface area contributed by atoms with Crippen LogP contribution in [0.5, 0.6) is 0 Å². The van der Waals surface area contributed by atoms with E-state index < -0.39 is 69.9 Å². The molecule has 0 saturated carbocycles. The number of carbonyl (C=O) groups excluding carboxylic acids is 2. The number of carboxylic acids is 1. The maximum absolute atomic E-state index is 12.7. The topological polar surface area (TPSA) is 212 Å². The highest BCUT2D eigenvalue weighted by Gasteiger charge is 2.28. The molecule has 0 aliphatic heterocycles. The van der Waals surface area contributed by atoms with Crippen LogP contribution in [0.15, 0.2) is 60.8 Å². The maximum atomic E-state index is 12.7. The molecular weight excluding hydrogens is 789 g/mol. The van der Waals surface area contributed by atoms with Crippen molar-refractivity contribution in [2.75, 3.05) is 19.8 Å². The lowest BCUT2D eigenvalue weighted by Gasteiger charge is -2.20. The summed E-state index contributed by atoms with van der Waals surface area (Å²) in [5, 5.41) is 29.6. The fourth-order valence-corrected chi connectivity index (χ4v) is 6.50. The van der Waals surface area contributed by atoms with Crippen molar-refractivity contribution in [1.29, 1.82) is 0 Å². The second-order valence-corrected chi connectivity index (χ2v) is 16.6. The molecule has 0 saturated heterocycles. The predicted octanol–water partition coefficient (Wildman–Crippen LogP) is 9.89. The molecule has 14 heteroatoms. The summed E-state index contributed by atoms with van der Waals surface area (Å²) >= 11 is 0. The van der Waals surface area contributed by atoms with E-state index in [9.17, 15) is 34.1 Å². The first-order valence-corrected chi connectivity index (χ1v) is 24.0. The minimum absolute atomic E-state index is 0.114. The number of unbranched alkanes of at least 4 members (excludes halogenated alkanes) is 13. The van der Waals surface area contributed by atoms with E-state index in [1.165, 1.54) is 38.5 Å². The van der Waals surface area contributed by atoms with E-state index in [0.717, 1.165) is 70.6 Å². The molecule has 0 heterocycles. The van der Waals surface area contributed by atoms with Crippen molar-refractivity contribution in [3.63, 3.8) is 0 Å². The number of ether oxygens (including phenoxy) is 2. The third kappa shape index (κ3) is 38.1. The van der Waals surface area contributed by atoms with Gasteiger partial charge in [0.1, 0.15) is 12.6 Å². The number of phosphoric acid groups is 1. The van der Waals surface area contributed by atoms with Crippen molar-refractivity contribution < 1.29 is 57.7 Å². The van der Waals surface area contributed by atoms with E-state index in [1.807, 2.05) is 12.2 Å². The molecule has 5 atom stereocenters. The number of carboxylic acid groups (broad SMARTS) is 1. The van der Waals surface area contributed by atoms with E-state index in [1.54, 1.807) is 6.08 Å². The molecule has 60 heavy (non-hydrogen) atoms. The molecule has 13 nitrogen and oxygen atoms in total. The van der Waals surface area contributed by atoms with Gasteiger partial charge in [-0.15, -0.1) is 0 Å². The Labute approximate surface area is 361 Å². The van der Waals surface area contributed by atoms with Crippen LogP contribution < -0.4 is 5.73 Å². The number of carbonyl (C=O) groups is 3. The van der Waals surface area contributed by atoms with Gasteiger partial charge in [-0.2, -0.15) is 0 Å². The lowest BCUT2D eigenvalue weighted by Crippen LogP contribution is -2.34. The summed E-state index contributed by atoms with van der Waals surface area (Å²) in [5.41, 5.74) is 5.32. The highest BCUT2D eigenvalue weighted by molar-refractivity contribution is 7.47. The first-order valence-electron chi connectivity index (χ1n) is 22.5. The number of phosphoric ester groups is 1. The molecule has 0 fully saturated rings. The van der Waals surface area contributed by atoms with E-state index in [4.69, 9.17) is 24.8 Å². The SMILES string of the molecule is CCCCC/C=C\C/C=C\C/C=C\CC(O)C(O)CCCC(=O)O[C@H](COC(=O)CCCCCCCCC/C=C\C/C=C\CCCCC)COP(=O)(O)OC[C@H](N)C(=O)O. The van der Waals surface area contributed by atoms with Crippen LogP contribution in [0.1, 0.15) is 168 Å². The van der Waals surface area contributed by atoms with Gasteiger partial charge in [-0.1, -0.05) is 132 Å². The quantitative estimate of drug-likeness (QED) is 0.0168. The number of allylic oxidation sites excluding steroid dienone is 9. The normalized spacial score (nSPS) is 15.3. The van der Waals surface area contributed by atoms with E-state index in [2.05, 4.69) is 60.9 Å². The summed E-state index contributed by atoms with van der Waals surface area (Å²) in [5.74, 6) is -2.72.